The Morgan fingerprint density at radius 2 is 1.62 bits per heavy atom. The Balaban J connectivity index is 0.909. The fourth-order valence-corrected chi connectivity index (χ4v) is 6.72. The maximum Gasteiger partial charge on any atom is 0.412 e. The minimum absolute atomic E-state index is 0.00991. The normalized spacial score (nSPS) is 12.9. The van der Waals surface area contributed by atoms with Crippen molar-refractivity contribution in [1.29, 1.82) is 0 Å². The Kier molecular flexibility index (Phi) is 14.2. The zero-order valence-electron chi connectivity index (χ0n) is 33.5. The molecule has 1 aliphatic heterocycles. The standard InChI is InChI=1S/C43H46ClFN8O7/c1-43(2,3)60-42(58)49-36-24-29(28-7-6-8-30(44)23-28)25-48-38(36)40(56)47-14-20-59-19-13-46-26-37(54)52-15-17-53(18-16-52)41(57)33-21-27(11-12-34(33)45)22-35-31-9-4-5-10-32(31)39(55)51-50-35/h4-12,21,23-25,46H,13-20,22,26H2,1-3H3,(H,47,56)(H,49,58)(H,51,55). The number of rotatable bonds is 14. The van der Waals surface area contributed by atoms with Gasteiger partial charge in [-0.25, -0.2) is 19.3 Å². The monoisotopic (exact) mass is 840 g/mol. The van der Waals surface area contributed by atoms with Crippen molar-refractivity contribution in [3.05, 3.63) is 123 Å². The molecule has 314 valence electrons. The minimum atomic E-state index is -0.759. The van der Waals surface area contributed by atoms with Crippen LogP contribution >= 0.6 is 11.6 Å². The maximum atomic E-state index is 14.9. The van der Waals surface area contributed by atoms with Gasteiger partial charge >= 0.3 is 6.09 Å². The van der Waals surface area contributed by atoms with Gasteiger partial charge in [-0.05, 0) is 68.3 Å². The lowest BCUT2D eigenvalue weighted by atomic mass is 10.0. The number of pyridine rings is 1. The number of carbonyl (C=O) groups is 4. The summed E-state index contributed by atoms with van der Waals surface area (Å²) in [5.74, 6) is -1.78. The topological polar surface area (TPSA) is 188 Å². The third kappa shape index (κ3) is 11.5. The summed E-state index contributed by atoms with van der Waals surface area (Å²) in [6.45, 7) is 7.30. The van der Waals surface area contributed by atoms with Gasteiger partial charge in [0.05, 0.1) is 42.1 Å². The lowest BCUT2D eigenvalue weighted by Gasteiger charge is -2.35. The molecule has 0 bridgehead atoms. The first-order valence-electron chi connectivity index (χ1n) is 19.4. The molecule has 3 aromatic carbocycles. The molecule has 4 N–H and O–H groups in total. The van der Waals surface area contributed by atoms with Crippen LogP contribution in [0.5, 0.6) is 0 Å². The summed E-state index contributed by atoms with van der Waals surface area (Å²) < 4.78 is 25.9. The number of carbonyl (C=O) groups excluding carboxylic acids is 4. The molecule has 60 heavy (non-hydrogen) atoms. The summed E-state index contributed by atoms with van der Waals surface area (Å²) >= 11 is 6.16. The number of aromatic amines is 1. The van der Waals surface area contributed by atoms with Crippen LogP contribution in [0, 0.1) is 5.82 Å². The van der Waals surface area contributed by atoms with Crippen LogP contribution in [0.4, 0.5) is 14.9 Å². The molecule has 0 unspecified atom stereocenters. The van der Waals surface area contributed by atoms with Crippen LogP contribution in [0.1, 0.15) is 52.9 Å². The Labute approximate surface area is 350 Å². The van der Waals surface area contributed by atoms with E-state index >= 15 is 0 Å². The molecule has 0 aliphatic carbocycles. The van der Waals surface area contributed by atoms with Crippen LogP contribution in [0.25, 0.3) is 21.9 Å². The van der Waals surface area contributed by atoms with E-state index < -0.39 is 29.3 Å². The van der Waals surface area contributed by atoms with Crippen molar-refractivity contribution in [2.75, 3.05) is 64.3 Å². The highest BCUT2D eigenvalue weighted by atomic mass is 35.5. The Hall–Kier alpha value is -6.23. The van der Waals surface area contributed by atoms with Crippen molar-refractivity contribution in [3.8, 4) is 11.1 Å². The Morgan fingerprint density at radius 1 is 0.883 bits per heavy atom. The zero-order chi connectivity index (χ0) is 42.8. The number of amides is 4. The number of hydrogen-bond acceptors (Lipinski definition) is 10. The van der Waals surface area contributed by atoms with E-state index in [4.69, 9.17) is 21.1 Å². The number of ether oxygens (including phenoxy) is 2. The molecule has 5 aromatic rings. The van der Waals surface area contributed by atoms with E-state index in [9.17, 15) is 28.4 Å². The van der Waals surface area contributed by atoms with E-state index in [0.717, 1.165) is 5.56 Å². The maximum absolute atomic E-state index is 14.9. The van der Waals surface area contributed by atoms with Crippen molar-refractivity contribution < 1.29 is 33.0 Å². The van der Waals surface area contributed by atoms with Gasteiger partial charge < -0.3 is 29.9 Å². The van der Waals surface area contributed by atoms with Gasteiger partial charge in [-0.15, -0.1) is 0 Å². The van der Waals surface area contributed by atoms with Crippen molar-refractivity contribution in [2.45, 2.75) is 32.8 Å². The number of hydrogen-bond donors (Lipinski definition) is 4. The van der Waals surface area contributed by atoms with Gasteiger partial charge in [0.25, 0.3) is 17.4 Å². The summed E-state index contributed by atoms with van der Waals surface area (Å²) in [6.07, 6.45) is 1.06. The van der Waals surface area contributed by atoms with Gasteiger partial charge in [-0.2, -0.15) is 5.10 Å². The van der Waals surface area contributed by atoms with Gasteiger partial charge in [-0.1, -0.05) is 48.0 Å². The lowest BCUT2D eigenvalue weighted by molar-refractivity contribution is -0.131. The average molecular weight is 841 g/mol. The van der Waals surface area contributed by atoms with E-state index in [2.05, 4.69) is 31.1 Å². The van der Waals surface area contributed by atoms with Crippen LogP contribution in [0.2, 0.25) is 5.02 Å². The molecule has 6 rings (SSSR count). The molecule has 0 spiro atoms. The number of benzene rings is 3. The molecule has 17 heteroatoms. The van der Waals surface area contributed by atoms with Crippen LogP contribution < -0.4 is 21.5 Å². The molecule has 1 fully saturated rings. The lowest BCUT2D eigenvalue weighted by Crippen LogP contribution is -2.52. The highest BCUT2D eigenvalue weighted by Crippen LogP contribution is 2.27. The smallest absolute Gasteiger partial charge is 0.412 e. The summed E-state index contributed by atoms with van der Waals surface area (Å²) in [7, 11) is 0. The van der Waals surface area contributed by atoms with Crippen molar-refractivity contribution in [2.24, 2.45) is 0 Å². The third-order valence-electron chi connectivity index (χ3n) is 9.46. The number of anilines is 1. The van der Waals surface area contributed by atoms with E-state index in [0.29, 0.717) is 52.3 Å². The quantitative estimate of drug-likeness (QED) is 0.110. The van der Waals surface area contributed by atoms with E-state index in [-0.39, 0.29) is 74.2 Å². The first kappa shape index (κ1) is 43.4. The van der Waals surface area contributed by atoms with Crippen LogP contribution in [-0.2, 0) is 20.7 Å². The largest absolute Gasteiger partial charge is 0.444 e. The van der Waals surface area contributed by atoms with Gasteiger partial charge in [0, 0.05) is 67.9 Å². The fourth-order valence-electron chi connectivity index (χ4n) is 6.53. The minimum Gasteiger partial charge on any atom is -0.444 e. The number of nitrogens with zero attached hydrogens (tertiary/aromatic N) is 4. The van der Waals surface area contributed by atoms with E-state index in [1.807, 2.05) is 12.1 Å². The number of halogens is 2. The van der Waals surface area contributed by atoms with Crippen LogP contribution in [0.3, 0.4) is 0 Å². The molecule has 2 aromatic heterocycles. The van der Waals surface area contributed by atoms with Crippen LogP contribution in [0.15, 0.2) is 83.8 Å². The van der Waals surface area contributed by atoms with E-state index in [1.165, 1.54) is 23.2 Å². The SMILES string of the molecule is CC(C)(C)OC(=O)Nc1cc(-c2cccc(Cl)c2)cnc1C(=O)NCCOCCNCC(=O)N1CCN(C(=O)c2cc(Cc3n[nH]c(=O)c4ccccc34)ccc2F)CC1. The molecule has 0 saturated carbocycles. The number of H-pyrrole nitrogens is 1. The second kappa shape index (κ2) is 19.7. The van der Waals surface area contributed by atoms with Crippen LogP contribution in [-0.4, -0.2) is 113 Å². The molecule has 3 heterocycles. The molecule has 1 aliphatic rings. The van der Waals surface area contributed by atoms with Gasteiger partial charge in [0.2, 0.25) is 5.91 Å². The predicted molar refractivity (Wildman–Crippen MR) is 225 cm³/mol. The van der Waals surface area contributed by atoms with Crippen molar-refractivity contribution >= 4 is 51.9 Å². The second-order valence-corrected chi connectivity index (χ2v) is 15.4. The zero-order valence-corrected chi connectivity index (χ0v) is 34.2. The predicted octanol–water partition coefficient (Wildman–Crippen LogP) is 5.04. The van der Waals surface area contributed by atoms with Crippen molar-refractivity contribution in [1.82, 2.24) is 35.6 Å². The molecular formula is C43H46ClFN8O7. The Bertz CT molecular complexity index is 2430. The summed E-state index contributed by atoms with van der Waals surface area (Å²) in [5, 5.41) is 16.8. The first-order chi connectivity index (χ1) is 28.8. The summed E-state index contributed by atoms with van der Waals surface area (Å²) in [4.78, 5) is 71.7. The molecule has 0 atom stereocenters. The molecule has 4 amide bonds. The number of piperazine rings is 1. The molecule has 0 radical (unpaired) electrons. The highest BCUT2D eigenvalue weighted by molar-refractivity contribution is 6.30. The highest BCUT2D eigenvalue weighted by Gasteiger charge is 2.27. The van der Waals surface area contributed by atoms with Gasteiger partial charge in [-0.3, -0.25) is 24.5 Å². The average Bonchev–Trinajstić information content (AvgIpc) is 3.22. The Morgan fingerprint density at radius 3 is 2.37 bits per heavy atom. The number of nitrogens with one attached hydrogen (secondary N) is 4. The number of aromatic nitrogens is 3. The summed E-state index contributed by atoms with van der Waals surface area (Å²) in [6, 6.07) is 20.2. The van der Waals surface area contributed by atoms with Gasteiger partial charge in [0.1, 0.15) is 11.4 Å². The number of fused-ring (bicyclic) bond motifs is 1. The molecule has 1 saturated heterocycles. The van der Waals surface area contributed by atoms with Crippen molar-refractivity contribution in [3.63, 3.8) is 0 Å². The van der Waals surface area contributed by atoms with E-state index in [1.54, 1.807) is 74.2 Å². The third-order valence-corrected chi connectivity index (χ3v) is 9.69. The summed E-state index contributed by atoms with van der Waals surface area (Å²) in [5.41, 5.74) is 1.67. The molecule has 15 nitrogen and oxygen atoms in total. The molecular weight excluding hydrogens is 795 g/mol. The first-order valence-corrected chi connectivity index (χ1v) is 19.8. The van der Waals surface area contributed by atoms with Gasteiger partial charge in [0.15, 0.2) is 5.69 Å². The second-order valence-electron chi connectivity index (χ2n) is 15.0. The fraction of sp³-hybridized carbons (Fsp3) is 0.326.